The molecule has 0 aliphatic heterocycles. The van der Waals surface area contributed by atoms with E-state index in [9.17, 15) is 4.79 Å². The molecule has 7 heteroatoms. The van der Waals surface area contributed by atoms with Gasteiger partial charge in [-0.15, -0.1) is 0 Å². The van der Waals surface area contributed by atoms with Crippen molar-refractivity contribution in [3.63, 3.8) is 0 Å². The number of nitrogens with zero attached hydrogens (tertiary/aromatic N) is 1. The second-order valence-corrected chi connectivity index (χ2v) is 6.37. The summed E-state index contributed by atoms with van der Waals surface area (Å²) in [5.74, 6) is 0. The Hall–Kier alpha value is -1.70. The molecule has 0 saturated heterocycles. The maximum Gasteiger partial charge on any atom is 0.321 e. The Labute approximate surface area is 132 Å². The number of nitrogens with one attached hydrogen (secondary N) is 2. The number of hydrogen-bond donors (Lipinski definition) is 2. The normalized spacial score (nSPS) is 20.6. The Morgan fingerprint density at radius 3 is 2.95 bits per heavy atom. The molecule has 1 heterocycles. The van der Waals surface area contributed by atoms with Crippen molar-refractivity contribution in [3.05, 3.63) is 23.8 Å². The molecule has 3 rings (SSSR count). The lowest BCUT2D eigenvalue weighted by Crippen LogP contribution is -2.48. The number of aromatic nitrogens is 1. The fraction of sp³-hybridized carbons (Fsp3) is 0.467. The molecule has 0 atom stereocenters. The zero-order valence-electron chi connectivity index (χ0n) is 12.6. The van der Waals surface area contributed by atoms with Gasteiger partial charge in [-0.1, -0.05) is 23.5 Å². The number of hydrogen-bond acceptors (Lipinski definition) is 5. The highest BCUT2D eigenvalue weighted by atomic mass is 32.1. The number of rotatable bonds is 5. The number of urea groups is 1. The minimum absolute atomic E-state index is 0.184. The number of anilines is 1. The first-order valence-corrected chi connectivity index (χ1v) is 7.99. The number of thiazole rings is 1. The second-order valence-electron chi connectivity index (χ2n) is 5.34. The van der Waals surface area contributed by atoms with Gasteiger partial charge in [0.1, 0.15) is 0 Å². The quantitative estimate of drug-likeness (QED) is 0.888. The summed E-state index contributed by atoms with van der Waals surface area (Å²) in [5.41, 5.74) is 1.90. The number of amides is 2. The van der Waals surface area contributed by atoms with Crippen molar-refractivity contribution in [3.8, 4) is 0 Å². The zero-order chi connectivity index (χ0) is 15.5. The Morgan fingerprint density at radius 2 is 2.23 bits per heavy atom. The zero-order valence-corrected chi connectivity index (χ0v) is 13.4. The monoisotopic (exact) mass is 321 g/mol. The number of fused-ring (bicyclic) bond motifs is 1. The third kappa shape index (κ3) is 3.21. The van der Waals surface area contributed by atoms with Crippen molar-refractivity contribution < 1.29 is 14.3 Å². The molecular weight excluding hydrogens is 302 g/mol. The first-order valence-electron chi connectivity index (χ1n) is 7.17. The van der Waals surface area contributed by atoms with Gasteiger partial charge in [0.2, 0.25) is 0 Å². The predicted molar refractivity (Wildman–Crippen MR) is 86.3 cm³/mol. The summed E-state index contributed by atoms with van der Waals surface area (Å²) in [6.07, 6.45) is 1.99. The van der Waals surface area contributed by atoms with Crippen molar-refractivity contribution in [2.75, 3.05) is 19.5 Å². The van der Waals surface area contributed by atoms with Crippen LogP contribution in [0.3, 0.4) is 0 Å². The van der Waals surface area contributed by atoms with E-state index in [2.05, 4.69) is 15.6 Å². The number of carbonyl (C=O) groups is 1. The smallest absolute Gasteiger partial charge is 0.321 e. The van der Waals surface area contributed by atoms with Gasteiger partial charge >= 0.3 is 6.03 Å². The van der Waals surface area contributed by atoms with E-state index in [1.54, 1.807) is 14.2 Å². The number of ether oxygens (including phenoxy) is 2. The summed E-state index contributed by atoms with van der Waals surface area (Å²) in [4.78, 5) is 16.5. The van der Waals surface area contributed by atoms with E-state index < -0.39 is 0 Å². The Balaban J connectivity index is 1.64. The molecule has 0 spiro atoms. The van der Waals surface area contributed by atoms with Crippen LogP contribution in [0.5, 0.6) is 0 Å². The van der Waals surface area contributed by atoms with Crippen molar-refractivity contribution >= 4 is 32.7 Å². The lowest BCUT2D eigenvalue weighted by atomic mass is 9.89. The van der Waals surface area contributed by atoms with E-state index in [1.807, 2.05) is 18.2 Å². The lowest BCUT2D eigenvalue weighted by Gasteiger charge is -2.34. The van der Waals surface area contributed by atoms with Gasteiger partial charge < -0.3 is 14.8 Å². The average molecular weight is 321 g/mol. The van der Waals surface area contributed by atoms with Crippen molar-refractivity contribution in [2.24, 2.45) is 0 Å². The summed E-state index contributed by atoms with van der Waals surface area (Å²) in [7, 11) is 3.35. The number of para-hydroxylation sites is 1. The standard InChI is InChI=1S/C15H19N3O3S/c1-20-8-9-4-3-5-12-13(9)17-15(22-12)18-14(19)16-10-6-11(7-10)21-2/h3-5,10-11H,6-8H2,1-2H3,(H2,16,17,18,19). The van der Waals surface area contributed by atoms with Crippen LogP contribution in [0.1, 0.15) is 18.4 Å². The Morgan fingerprint density at radius 1 is 1.41 bits per heavy atom. The maximum absolute atomic E-state index is 12.0. The molecule has 6 nitrogen and oxygen atoms in total. The Bertz CT molecular complexity index is 667. The first kappa shape index (κ1) is 15.2. The molecule has 1 aromatic carbocycles. The average Bonchev–Trinajstić information content (AvgIpc) is 2.86. The number of benzene rings is 1. The highest BCUT2D eigenvalue weighted by molar-refractivity contribution is 7.22. The molecule has 0 bridgehead atoms. The van der Waals surface area contributed by atoms with Crippen LogP contribution in [0.4, 0.5) is 9.93 Å². The van der Waals surface area contributed by atoms with Crippen LogP contribution < -0.4 is 10.6 Å². The topological polar surface area (TPSA) is 72.5 Å². The van der Waals surface area contributed by atoms with Gasteiger partial charge in [0.15, 0.2) is 5.13 Å². The molecule has 0 unspecified atom stereocenters. The van der Waals surface area contributed by atoms with Crippen LogP contribution in [0.2, 0.25) is 0 Å². The van der Waals surface area contributed by atoms with Gasteiger partial charge in [-0.2, -0.15) is 0 Å². The van der Waals surface area contributed by atoms with Gasteiger partial charge in [0, 0.05) is 25.8 Å². The third-order valence-corrected chi connectivity index (χ3v) is 4.72. The lowest BCUT2D eigenvalue weighted by molar-refractivity contribution is 0.0210. The Kier molecular flexibility index (Phi) is 4.56. The summed E-state index contributed by atoms with van der Waals surface area (Å²) in [6, 6.07) is 5.91. The van der Waals surface area contributed by atoms with Crippen LogP contribution in [0, 0.1) is 0 Å². The summed E-state index contributed by atoms with van der Waals surface area (Å²) >= 11 is 1.46. The summed E-state index contributed by atoms with van der Waals surface area (Å²) in [5, 5.41) is 6.33. The largest absolute Gasteiger partial charge is 0.381 e. The molecule has 2 aromatic rings. The van der Waals surface area contributed by atoms with Crippen molar-refractivity contribution in [1.82, 2.24) is 10.3 Å². The first-order chi connectivity index (χ1) is 10.7. The van der Waals surface area contributed by atoms with Gasteiger partial charge in [0.25, 0.3) is 0 Å². The summed E-state index contributed by atoms with van der Waals surface area (Å²) in [6.45, 7) is 0.507. The van der Waals surface area contributed by atoms with Gasteiger partial charge in [-0.05, 0) is 18.9 Å². The van der Waals surface area contributed by atoms with Crippen LogP contribution in [-0.2, 0) is 16.1 Å². The van der Waals surface area contributed by atoms with Crippen LogP contribution >= 0.6 is 11.3 Å². The molecule has 1 aromatic heterocycles. The second kappa shape index (κ2) is 6.60. The van der Waals surface area contributed by atoms with Crippen LogP contribution in [-0.4, -0.2) is 37.4 Å². The fourth-order valence-corrected chi connectivity index (χ4v) is 3.43. The molecular formula is C15H19N3O3S. The van der Waals surface area contributed by atoms with E-state index in [1.165, 1.54) is 11.3 Å². The van der Waals surface area contributed by atoms with Crippen LogP contribution in [0.15, 0.2) is 18.2 Å². The van der Waals surface area contributed by atoms with E-state index in [4.69, 9.17) is 9.47 Å². The molecule has 118 valence electrons. The minimum atomic E-state index is -0.216. The number of methoxy groups -OCH3 is 2. The molecule has 2 amide bonds. The van der Waals surface area contributed by atoms with Gasteiger partial charge in [0.05, 0.1) is 22.9 Å². The molecule has 2 N–H and O–H groups in total. The molecule has 22 heavy (non-hydrogen) atoms. The van der Waals surface area contributed by atoms with Crippen molar-refractivity contribution in [2.45, 2.75) is 31.6 Å². The SMILES string of the molecule is COCc1cccc2sc(NC(=O)NC3CC(OC)C3)nc12. The van der Waals surface area contributed by atoms with E-state index >= 15 is 0 Å². The highest BCUT2D eigenvalue weighted by Gasteiger charge is 2.30. The molecule has 1 saturated carbocycles. The molecule has 1 aliphatic carbocycles. The minimum Gasteiger partial charge on any atom is -0.381 e. The van der Waals surface area contributed by atoms with Crippen LogP contribution in [0.25, 0.3) is 10.2 Å². The van der Waals surface area contributed by atoms with Crippen molar-refractivity contribution in [1.29, 1.82) is 0 Å². The molecule has 0 radical (unpaired) electrons. The van der Waals surface area contributed by atoms with Gasteiger partial charge in [-0.3, -0.25) is 5.32 Å². The van der Waals surface area contributed by atoms with E-state index in [-0.39, 0.29) is 18.2 Å². The molecule has 1 aliphatic rings. The summed E-state index contributed by atoms with van der Waals surface area (Å²) < 4.78 is 11.4. The molecule has 1 fully saturated rings. The fourth-order valence-electron chi connectivity index (χ4n) is 2.53. The van der Waals surface area contributed by atoms with Gasteiger partial charge in [-0.25, -0.2) is 9.78 Å². The third-order valence-electron chi connectivity index (χ3n) is 3.79. The number of carbonyl (C=O) groups excluding carboxylic acids is 1. The van der Waals surface area contributed by atoms with E-state index in [0.29, 0.717) is 11.7 Å². The maximum atomic E-state index is 12.0. The highest BCUT2D eigenvalue weighted by Crippen LogP contribution is 2.29. The predicted octanol–water partition coefficient (Wildman–Crippen LogP) is 2.74. The van der Waals surface area contributed by atoms with E-state index in [0.717, 1.165) is 28.6 Å².